The number of hydrogen-bond acceptors (Lipinski definition) is 3. The highest BCUT2D eigenvalue weighted by atomic mass is 16.5. The highest BCUT2D eigenvalue weighted by Crippen LogP contribution is 2.17. The first kappa shape index (κ1) is 14.4. The molecular weight excluding hydrogens is 194 g/mol. The van der Waals surface area contributed by atoms with E-state index in [1.54, 1.807) is 0 Å². The van der Waals surface area contributed by atoms with Crippen molar-refractivity contribution in [2.45, 2.75) is 51.7 Å². The number of hydrogen-bond donors (Lipinski definition) is 2. The van der Waals surface area contributed by atoms with Crippen molar-refractivity contribution in [3.05, 3.63) is 0 Å². The van der Waals surface area contributed by atoms with E-state index in [1.165, 1.54) is 0 Å². The molecule has 0 aromatic carbocycles. The SMILES string of the molecule is CNC(C)CCOC(C)(C)CCC(=O)O. The summed E-state index contributed by atoms with van der Waals surface area (Å²) in [7, 11) is 1.92. The van der Waals surface area contributed by atoms with E-state index >= 15 is 0 Å². The number of nitrogens with one attached hydrogen (secondary N) is 1. The van der Waals surface area contributed by atoms with E-state index in [-0.39, 0.29) is 12.0 Å². The van der Waals surface area contributed by atoms with Crippen LogP contribution in [0.2, 0.25) is 0 Å². The van der Waals surface area contributed by atoms with Crippen LogP contribution in [0.1, 0.15) is 40.0 Å². The standard InChI is InChI=1S/C11H23NO3/c1-9(12-4)6-8-15-11(2,3)7-5-10(13)14/h9,12H,5-8H2,1-4H3,(H,13,14). The summed E-state index contributed by atoms with van der Waals surface area (Å²) in [5.74, 6) is -0.768. The molecule has 15 heavy (non-hydrogen) atoms. The van der Waals surface area contributed by atoms with Gasteiger partial charge >= 0.3 is 5.97 Å². The van der Waals surface area contributed by atoms with Crippen LogP contribution in [0.4, 0.5) is 0 Å². The topological polar surface area (TPSA) is 58.6 Å². The van der Waals surface area contributed by atoms with E-state index in [9.17, 15) is 4.79 Å². The Morgan fingerprint density at radius 2 is 2.13 bits per heavy atom. The molecule has 0 aliphatic rings. The van der Waals surface area contributed by atoms with Crippen molar-refractivity contribution in [1.29, 1.82) is 0 Å². The van der Waals surface area contributed by atoms with Gasteiger partial charge in [-0.3, -0.25) is 4.79 Å². The Morgan fingerprint density at radius 3 is 2.60 bits per heavy atom. The Labute approximate surface area is 92.0 Å². The third-order valence-electron chi connectivity index (χ3n) is 2.48. The fourth-order valence-corrected chi connectivity index (χ4v) is 1.14. The van der Waals surface area contributed by atoms with E-state index in [0.717, 1.165) is 6.42 Å². The van der Waals surface area contributed by atoms with Crippen LogP contribution in [-0.2, 0) is 9.53 Å². The first-order chi connectivity index (χ1) is 6.87. The van der Waals surface area contributed by atoms with E-state index in [0.29, 0.717) is 19.1 Å². The third kappa shape index (κ3) is 8.39. The summed E-state index contributed by atoms with van der Waals surface area (Å²) in [4.78, 5) is 10.4. The molecule has 0 aliphatic carbocycles. The Bertz CT molecular complexity index is 192. The zero-order valence-electron chi connectivity index (χ0n) is 10.2. The second-order valence-electron chi connectivity index (χ2n) is 4.48. The Morgan fingerprint density at radius 1 is 1.53 bits per heavy atom. The van der Waals surface area contributed by atoms with Crippen molar-refractivity contribution in [2.75, 3.05) is 13.7 Å². The Kier molecular flexibility index (Phi) is 6.52. The maximum atomic E-state index is 10.4. The van der Waals surface area contributed by atoms with Gasteiger partial charge in [-0.1, -0.05) is 0 Å². The number of rotatable bonds is 8. The van der Waals surface area contributed by atoms with Gasteiger partial charge in [-0.2, -0.15) is 0 Å². The summed E-state index contributed by atoms with van der Waals surface area (Å²) in [6, 6.07) is 0.431. The smallest absolute Gasteiger partial charge is 0.303 e. The molecule has 4 nitrogen and oxygen atoms in total. The summed E-state index contributed by atoms with van der Waals surface area (Å²) in [5, 5.41) is 11.7. The van der Waals surface area contributed by atoms with Crippen LogP contribution >= 0.6 is 0 Å². The van der Waals surface area contributed by atoms with Gasteiger partial charge in [0.2, 0.25) is 0 Å². The zero-order chi connectivity index (χ0) is 11.9. The maximum Gasteiger partial charge on any atom is 0.303 e. The molecule has 0 radical (unpaired) electrons. The minimum absolute atomic E-state index is 0.161. The second-order valence-corrected chi connectivity index (χ2v) is 4.48. The summed E-state index contributed by atoms with van der Waals surface area (Å²) >= 11 is 0. The average molecular weight is 217 g/mol. The molecule has 0 bridgehead atoms. The van der Waals surface area contributed by atoms with E-state index in [1.807, 2.05) is 20.9 Å². The van der Waals surface area contributed by atoms with Crippen LogP contribution in [0.25, 0.3) is 0 Å². The lowest BCUT2D eigenvalue weighted by molar-refractivity contribution is -0.138. The quantitative estimate of drug-likeness (QED) is 0.649. The van der Waals surface area contributed by atoms with E-state index in [2.05, 4.69) is 12.2 Å². The van der Waals surface area contributed by atoms with E-state index < -0.39 is 5.97 Å². The summed E-state index contributed by atoms with van der Waals surface area (Å²) in [5.41, 5.74) is -0.341. The monoisotopic (exact) mass is 217 g/mol. The lowest BCUT2D eigenvalue weighted by Crippen LogP contribution is -2.29. The molecule has 0 rings (SSSR count). The van der Waals surface area contributed by atoms with Gasteiger partial charge in [-0.05, 0) is 40.7 Å². The number of aliphatic carboxylic acids is 1. The second kappa shape index (κ2) is 6.80. The summed E-state index contributed by atoms with van der Waals surface area (Å²) in [6.45, 7) is 6.61. The van der Waals surface area contributed by atoms with Crippen molar-refractivity contribution in [3.8, 4) is 0 Å². The normalized spacial score (nSPS) is 13.9. The number of carbonyl (C=O) groups is 1. The first-order valence-corrected chi connectivity index (χ1v) is 5.40. The molecule has 4 heteroatoms. The summed E-state index contributed by atoms with van der Waals surface area (Å²) < 4.78 is 5.65. The van der Waals surface area contributed by atoms with Gasteiger partial charge in [0, 0.05) is 19.1 Å². The molecular formula is C11H23NO3. The van der Waals surface area contributed by atoms with Crippen molar-refractivity contribution in [3.63, 3.8) is 0 Å². The predicted octanol–water partition coefficient (Wildman–Crippen LogP) is 1.64. The molecule has 0 heterocycles. The Balaban J connectivity index is 3.68. The van der Waals surface area contributed by atoms with Crippen molar-refractivity contribution in [1.82, 2.24) is 5.32 Å². The molecule has 90 valence electrons. The fourth-order valence-electron chi connectivity index (χ4n) is 1.14. The molecule has 0 aromatic heterocycles. The average Bonchev–Trinajstić information content (AvgIpc) is 2.14. The predicted molar refractivity (Wildman–Crippen MR) is 60.0 cm³/mol. The largest absolute Gasteiger partial charge is 0.481 e. The lowest BCUT2D eigenvalue weighted by Gasteiger charge is -2.25. The van der Waals surface area contributed by atoms with Crippen LogP contribution in [0.15, 0.2) is 0 Å². The molecule has 2 N–H and O–H groups in total. The minimum Gasteiger partial charge on any atom is -0.481 e. The number of carboxylic acids is 1. The van der Waals surface area contributed by atoms with Crippen molar-refractivity contribution >= 4 is 5.97 Å². The van der Waals surface area contributed by atoms with Crippen LogP contribution in [0, 0.1) is 0 Å². The molecule has 0 saturated heterocycles. The molecule has 0 aliphatic heterocycles. The van der Waals surface area contributed by atoms with Crippen LogP contribution in [0.3, 0.4) is 0 Å². The lowest BCUT2D eigenvalue weighted by atomic mass is 10.0. The number of ether oxygens (including phenoxy) is 1. The van der Waals surface area contributed by atoms with E-state index in [4.69, 9.17) is 9.84 Å². The minimum atomic E-state index is -0.768. The van der Waals surface area contributed by atoms with Crippen LogP contribution in [0.5, 0.6) is 0 Å². The van der Waals surface area contributed by atoms with Gasteiger partial charge in [0.15, 0.2) is 0 Å². The molecule has 1 unspecified atom stereocenters. The molecule has 0 saturated carbocycles. The van der Waals surface area contributed by atoms with Crippen molar-refractivity contribution < 1.29 is 14.6 Å². The molecule has 0 amide bonds. The van der Waals surface area contributed by atoms with Gasteiger partial charge in [0.1, 0.15) is 0 Å². The first-order valence-electron chi connectivity index (χ1n) is 5.40. The highest BCUT2D eigenvalue weighted by Gasteiger charge is 2.19. The molecule has 0 fully saturated rings. The van der Waals surface area contributed by atoms with Gasteiger partial charge < -0.3 is 15.2 Å². The zero-order valence-corrected chi connectivity index (χ0v) is 10.2. The number of carboxylic acid groups (broad SMARTS) is 1. The molecule has 0 spiro atoms. The van der Waals surface area contributed by atoms with Gasteiger partial charge in [0.25, 0.3) is 0 Å². The molecule has 0 aromatic rings. The highest BCUT2D eigenvalue weighted by molar-refractivity contribution is 5.66. The fraction of sp³-hybridized carbons (Fsp3) is 0.909. The molecule has 1 atom stereocenters. The van der Waals surface area contributed by atoms with Crippen LogP contribution in [-0.4, -0.2) is 36.4 Å². The Hall–Kier alpha value is -0.610. The van der Waals surface area contributed by atoms with Crippen LogP contribution < -0.4 is 5.32 Å². The van der Waals surface area contributed by atoms with Gasteiger partial charge in [-0.25, -0.2) is 0 Å². The maximum absolute atomic E-state index is 10.4. The summed E-state index contributed by atoms with van der Waals surface area (Å²) in [6.07, 6.45) is 1.65. The van der Waals surface area contributed by atoms with Gasteiger partial charge in [0.05, 0.1) is 5.60 Å². The van der Waals surface area contributed by atoms with Crippen molar-refractivity contribution in [2.24, 2.45) is 0 Å². The van der Waals surface area contributed by atoms with Gasteiger partial charge in [-0.15, -0.1) is 0 Å². The third-order valence-corrected chi connectivity index (χ3v) is 2.48.